The van der Waals surface area contributed by atoms with E-state index in [-0.39, 0.29) is 5.72 Å². The Morgan fingerprint density at radius 3 is 2.62 bits per heavy atom. The van der Waals surface area contributed by atoms with Crippen LogP contribution in [0.1, 0.15) is 0 Å². The SMILES string of the molecule is OB(O)c1nnc[nH]1. The fraction of sp³-hybridized carbons (Fsp3) is 0. The molecule has 42 valence electrons. The van der Waals surface area contributed by atoms with E-state index in [1.165, 1.54) is 6.33 Å². The van der Waals surface area contributed by atoms with Crippen LogP contribution in [0.2, 0.25) is 0 Å². The highest BCUT2D eigenvalue weighted by molar-refractivity contribution is 6.56. The van der Waals surface area contributed by atoms with Gasteiger partial charge in [0.15, 0.2) is 5.72 Å². The van der Waals surface area contributed by atoms with E-state index in [0.29, 0.717) is 0 Å². The molecule has 0 spiro atoms. The predicted molar refractivity (Wildman–Crippen MR) is 26.2 cm³/mol. The van der Waals surface area contributed by atoms with Crippen LogP contribution in [0.25, 0.3) is 0 Å². The minimum atomic E-state index is -1.54. The summed E-state index contributed by atoms with van der Waals surface area (Å²) in [6, 6.07) is 0. The zero-order valence-electron chi connectivity index (χ0n) is 3.94. The smallest absolute Gasteiger partial charge is 0.421 e. The molecule has 0 aliphatic heterocycles. The largest absolute Gasteiger partial charge is 0.528 e. The van der Waals surface area contributed by atoms with Crippen LogP contribution in [-0.2, 0) is 0 Å². The van der Waals surface area contributed by atoms with Gasteiger partial charge < -0.3 is 15.0 Å². The fourth-order valence-electron chi connectivity index (χ4n) is 0.341. The Kier molecular flexibility index (Phi) is 1.27. The summed E-state index contributed by atoms with van der Waals surface area (Å²) in [5.74, 6) is 0. The molecule has 5 nitrogen and oxygen atoms in total. The third kappa shape index (κ3) is 0.851. The van der Waals surface area contributed by atoms with Gasteiger partial charge in [-0.15, -0.1) is 10.2 Å². The van der Waals surface area contributed by atoms with Crippen LogP contribution < -0.4 is 5.72 Å². The summed E-state index contributed by atoms with van der Waals surface area (Å²) < 4.78 is 0. The van der Waals surface area contributed by atoms with Gasteiger partial charge in [0, 0.05) is 0 Å². The minimum Gasteiger partial charge on any atom is -0.421 e. The van der Waals surface area contributed by atoms with E-state index in [0.717, 1.165) is 0 Å². The summed E-state index contributed by atoms with van der Waals surface area (Å²) in [4.78, 5) is 2.41. The van der Waals surface area contributed by atoms with Crippen LogP contribution in [0.15, 0.2) is 6.33 Å². The van der Waals surface area contributed by atoms with Crippen LogP contribution in [0.5, 0.6) is 0 Å². The summed E-state index contributed by atoms with van der Waals surface area (Å²) in [7, 11) is -1.54. The lowest BCUT2D eigenvalue weighted by atomic mass is 9.91. The zero-order chi connectivity index (χ0) is 5.98. The summed E-state index contributed by atoms with van der Waals surface area (Å²) in [5, 5.41) is 23.3. The van der Waals surface area contributed by atoms with Crippen molar-refractivity contribution in [2.45, 2.75) is 0 Å². The predicted octanol–water partition coefficient (Wildman–Crippen LogP) is -2.52. The average molecular weight is 113 g/mol. The van der Waals surface area contributed by atoms with Gasteiger partial charge in [-0.05, 0) is 0 Å². The third-order valence-electron chi connectivity index (χ3n) is 0.680. The Labute approximate surface area is 45.5 Å². The highest BCUT2D eigenvalue weighted by atomic mass is 16.4. The minimum absolute atomic E-state index is 0.0602. The normalized spacial score (nSPS) is 9.25. The molecule has 1 aromatic rings. The van der Waals surface area contributed by atoms with E-state index < -0.39 is 7.12 Å². The van der Waals surface area contributed by atoms with Crippen LogP contribution in [0.4, 0.5) is 0 Å². The van der Waals surface area contributed by atoms with Crippen molar-refractivity contribution in [2.75, 3.05) is 0 Å². The highest BCUT2D eigenvalue weighted by Gasteiger charge is 2.12. The summed E-state index contributed by atoms with van der Waals surface area (Å²) >= 11 is 0. The van der Waals surface area contributed by atoms with Gasteiger partial charge in [-0.3, -0.25) is 0 Å². The second kappa shape index (κ2) is 1.93. The summed E-state index contributed by atoms with van der Waals surface area (Å²) in [5.41, 5.74) is 0.0602. The molecule has 3 N–H and O–H groups in total. The number of nitrogens with one attached hydrogen (secondary N) is 1. The Hall–Kier alpha value is -0.875. The quantitative estimate of drug-likeness (QED) is 0.351. The second-order valence-electron chi connectivity index (χ2n) is 1.25. The van der Waals surface area contributed by atoms with Gasteiger partial charge in [0.1, 0.15) is 6.33 Å². The molecule has 1 aromatic heterocycles. The fourth-order valence-corrected chi connectivity index (χ4v) is 0.341. The topological polar surface area (TPSA) is 82.0 Å². The molecule has 0 saturated heterocycles. The number of rotatable bonds is 1. The van der Waals surface area contributed by atoms with Gasteiger partial charge in [-0.2, -0.15) is 0 Å². The van der Waals surface area contributed by atoms with Crippen LogP contribution in [0, 0.1) is 0 Å². The zero-order valence-corrected chi connectivity index (χ0v) is 3.94. The lowest BCUT2D eigenvalue weighted by molar-refractivity contribution is 0.422. The number of H-pyrrole nitrogens is 1. The maximum absolute atomic E-state index is 8.33. The Bertz CT molecular complexity index is 150. The van der Waals surface area contributed by atoms with Gasteiger partial charge >= 0.3 is 7.12 Å². The van der Waals surface area contributed by atoms with Crippen molar-refractivity contribution >= 4 is 12.8 Å². The lowest BCUT2D eigenvalue weighted by Gasteiger charge is -1.85. The van der Waals surface area contributed by atoms with Gasteiger partial charge in [0.05, 0.1) is 0 Å². The van der Waals surface area contributed by atoms with Crippen molar-refractivity contribution in [2.24, 2.45) is 0 Å². The highest BCUT2D eigenvalue weighted by Crippen LogP contribution is 1.63. The first-order valence-electron chi connectivity index (χ1n) is 2.03. The van der Waals surface area contributed by atoms with E-state index in [2.05, 4.69) is 15.2 Å². The van der Waals surface area contributed by atoms with Gasteiger partial charge in [0.2, 0.25) is 0 Å². The maximum Gasteiger partial charge on any atom is 0.528 e. The maximum atomic E-state index is 8.33. The first kappa shape index (κ1) is 5.27. The van der Waals surface area contributed by atoms with Crippen molar-refractivity contribution in [1.29, 1.82) is 0 Å². The first-order valence-corrected chi connectivity index (χ1v) is 2.03. The standard InChI is InChI=1S/C2H4BN3O2/c7-3(8)2-4-1-5-6-2/h1,7-8H,(H,4,5,6). The molecular weight excluding hydrogens is 109 g/mol. The van der Waals surface area contributed by atoms with Crippen molar-refractivity contribution < 1.29 is 10.0 Å². The number of hydrogen-bond acceptors (Lipinski definition) is 4. The molecule has 1 rings (SSSR count). The third-order valence-corrected chi connectivity index (χ3v) is 0.680. The second-order valence-corrected chi connectivity index (χ2v) is 1.25. The number of nitrogens with zero attached hydrogens (tertiary/aromatic N) is 2. The molecule has 0 amide bonds. The van der Waals surface area contributed by atoms with Gasteiger partial charge in [-0.25, -0.2) is 0 Å². The number of aromatic nitrogens is 3. The van der Waals surface area contributed by atoms with Gasteiger partial charge in [0.25, 0.3) is 0 Å². The molecule has 0 aliphatic rings. The monoisotopic (exact) mass is 113 g/mol. The molecule has 1 heterocycles. The average Bonchev–Trinajstić information content (AvgIpc) is 2.12. The van der Waals surface area contributed by atoms with E-state index in [4.69, 9.17) is 10.0 Å². The number of hydrogen-bond donors (Lipinski definition) is 3. The van der Waals surface area contributed by atoms with E-state index in [9.17, 15) is 0 Å². The Morgan fingerprint density at radius 1 is 1.62 bits per heavy atom. The Balaban J connectivity index is 2.77. The van der Waals surface area contributed by atoms with Crippen LogP contribution in [0.3, 0.4) is 0 Å². The molecule has 0 atom stereocenters. The van der Waals surface area contributed by atoms with Crippen LogP contribution in [-0.4, -0.2) is 32.3 Å². The molecule has 0 radical (unpaired) electrons. The molecular formula is C2H4BN3O2. The molecule has 8 heavy (non-hydrogen) atoms. The number of aromatic amines is 1. The Morgan fingerprint density at radius 2 is 2.38 bits per heavy atom. The van der Waals surface area contributed by atoms with E-state index in [1.807, 2.05) is 0 Å². The van der Waals surface area contributed by atoms with Crippen molar-refractivity contribution in [3.05, 3.63) is 6.33 Å². The molecule has 0 aliphatic carbocycles. The van der Waals surface area contributed by atoms with E-state index in [1.54, 1.807) is 0 Å². The van der Waals surface area contributed by atoms with Crippen molar-refractivity contribution in [3.8, 4) is 0 Å². The molecule has 6 heteroatoms. The molecule has 0 fully saturated rings. The van der Waals surface area contributed by atoms with Crippen molar-refractivity contribution in [3.63, 3.8) is 0 Å². The molecule has 0 unspecified atom stereocenters. The first-order chi connectivity index (χ1) is 3.80. The van der Waals surface area contributed by atoms with E-state index >= 15 is 0 Å². The van der Waals surface area contributed by atoms with Crippen LogP contribution >= 0.6 is 0 Å². The van der Waals surface area contributed by atoms with Gasteiger partial charge in [-0.1, -0.05) is 0 Å². The molecule has 0 saturated carbocycles. The summed E-state index contributed by atoms with van der Waals surface area (Å²) in [6.07, 6.45) is 1.27. The lowest BCUT2D eigenvalue weighted by Crippen LogP contribution is -2.33. The summed E-state index contributed by atoms with van der Waals surface area (Å²) in [6.45, 7) is 0. The molecule has 0 bridgehead atoms. The van der Waals surface area contributed by atoms with Crippen molar-refractivity contribution in [1.82, 2.24) is 15.2 Å². The molecule has 0 aromatic carbocycles.